The Morgan fingerprint density at radius 3 is 2.90 bits per heavy atom. The molecule has 1 aliphatic rings. The summed E-state index contributed by atoms with van der Waals surface area (Å²) in [6.07, 6.45) is 3.47. The van der Waals surface area contributed by atoms with Gasteiger partial charge in [-0.15, -0.1) is 0 Å². The highest BCUT2D eigenvalue weighted by atomic mass is 16.3. The van der Waals surface area contributed by atoms with Crippen molar-refractivity contribution in [1.82, 2.24) is 4.90 Å². The Morgan fingerprint density at radius 1 is 1.19 bits per heavy atom. The second kappa shape index (κ2) is 6.46. The van der Waals surface area contributed by atoms with E-state index < -0.39 is 0 Å². The van der Waals surface area contributed by atoms with Gasteiger partial charge >= 0.3 is 0 Å². The van der Waals surface area contributed by atoms with Gasteiger partial charge in [-0.3, -0.25) is 4.90 Å². The summed E-state index contributed by atoms with van der Waals surface area (Å²) in [5.41, 5.74) is 8.56. The van der Waals surface area contributed by atoms with Gasteiger partial charge in [0, 0.05) is 18.2 Å². The highest BCUT2D eigenvalue weighted by molar-refractivity contribution is 5.58. The van der Waals surface area contributed by atoms with Crippen molar-refractivity contribution in [3.63, 3.8) is 0 Å². The van der Waals surface area contributed by atoms with E-state index in [4.69, 9.17) is 10.2 Å². The summed E-state index contributed by atoms with van der Waals surface area (Å²) in [7, 11) is 0. The Bertz CT molecular complexity index is 590. The molecule has 1 aliphatic heterocycles. The van der Waals surface area contributed by atoms with Gasteiger partial charge < -0.3 is 10.2 Å². The van der Waals surface area contributed by atoms with Gasteiger partial charge in [0.15, 0.2) is 0 Å². The van der Waals surface area contributed by atoms with Crippen LogP contribution < -0.4 is 5.73 Å². The number of hydrogen-bond acceptors (Lipinski definition) is 3. The molecule has 2 aromatic rings. The number of rotatable bonds is 3. The van der Waals surface area contributed by atoms with Crippen molar-refractivity contribution in [3.05, 3.63) is 47.7 Å². The molecule has 3 heteroatoms. The van der Waals surface area contributed by atoms with Gasteiger partial charge in [0.05, 0.1) is 0 Å². The van der Waals surface area contributed by atoms with Crippen LogP contribution in [0.4, 0.5) is 0 Å². The molecule has 1 aromatic heterocycles. The third-order valence-corrected chi connectivity index (χ3v) is 4.22. The van der Waals surface area contributed by atoms with Crippen LogP contribution in [0.3, 0.4) is 0 Å². The molecule has 3 rings (SSSR count). The molecule has 3 nitrogen and oxygen atoms in total. The fraction of sp³-hybridized carbons (Fsp3) is 0.444. The predicted octanol–water partition coefficient (Wildman–Crippen LogP) is 3.57. The summed E-state index contributed by atoms with van der Waals surface area (Å²) in [6.45, 7) is 5.23. The quantitative estimate of drug-likeness (QED) is 0.937. The Morgan fingerprint density at radius 2 is 2.10 bits per heavy atom. The lowest BCUT2D eigenvalue weighted by atomic mass is 10.1. The van der Waals surface area contributed by atoms with E-state index in [1.54, 1.807) is 0 Å². The molecule has 1 atom stereocenters. The van der Waals surface area contributed by atoms with E-state index in [0.29, 0.717) is 6.04 Å². The smallest absolute Gasteiger partial charge is 0.134 e. The van der Waals surface area contributed by atoms with Gasteiger partial charge in [-0.2, -0.15) is 0 Å². The van der Waals surface area contributed by atoms with Gasteiger partial charge in [0.2, 0.25) is 0 Å². The maximum atomic E-state index is 6.05. The van der Waals surface area contributed by atoms with Gasteiger partial charge in [-0.1, -0.05) is 18.2 Å². The maximum absolute atomic E-state index is 6.05. The second-order valence-corrected chi connectivity index (χ2v) is 6.08. The monoisotopic (exact) mass is 284 g/mol. The maximum Gasteiger partial charge on any atom is 0.134 e. The zero-order valence-corrected chi connectivity index (χ0v) is 12.7. The summed E-state index contributed by atoms with van der Waals surface area (Å²) >= 11 is 0. The van der Waals surface area contributed by atoms with Crippen LogP contribution in [0.2, 0.25) is 0 Å². The van der Waals surface area contributed by atoms with Gasteiger partial charge in [-0.25, -0.2) is 0 Å². The van der Waals surface area contributed by atoms with E-state index in [-0.39, 0.29) is 0 Å². The van der Waals surface area contributed by atoms with Crippen LogP contribution in [0.1, 0.15) is 30.6 Å². The highest BCUT2D eigenvalue weighted by Gasteiger charge is 2.14. The van der Waals surface area contributed by atoms with Gasteiger partial charge in [-0.05, 0) is 63.0 Å². The number of benzene rings is 1. The van der Waals surface area contributed by atoms with Crippen molar-refractivity contribution < 1.29 is 4.42 Å². The van der Waals surface area contributed by atoms with Crippen molar-refractivity contribution in [2.45, 2.75) is 38.8 Å². The molecule has 0 aliphatic carbocycles. The third-order valence-electron chi connectivity index (χ3n) is 4.22. The summed E-state index contributed by atoms with van der Waals surface area (Å²) < 4.78 is 5.72. The van der Waals surface area contributed by atoms with Crippen molar-refractivity contribution in [3.8, 4) is 11.3 Å². The average molecular weight is 284 g/mol. The van der Waals surface area contributed by atoms with E-state index >= 15 is 0 Å². The molecule has 1 fully saturated rings. The molecule has 21 heavy (non-hydrogen) atoms. The lowest BCUT2D eigenvalue weighted by Gasteiger charge is -2.20. The molecule has 0 radical (unpaired) electrons. The van der Waals surface area contributed by atoms with Crippen LogP contribution in [0, 0.1) is 6.92 Å². The minimum Gasteiger partial charge on any atom is -0.461 e. The van der Waals surface area contributed by atoms with Gasteiger partial charge in [0.25, 0.3) is 0 Å². The Hall–Kier alpha value is -1.58. The number of furan rings is 1. The largest absolute Gasteiger partial charge is 0.461 e. The van der Waals surface area contributed by atoms with Crippen LogP contribution in [-0.4, -0.2) is 24.0 Å². The number of likely N-dealkylation sites (tertiary alicyclic amines) is 1. The summed E-state index contributed by atoms with van der Waals surface area (Å²) in [4.78, 5) is 2.51. The van der Waals surface area contributed by atoms with Crippen molar-refractivity contribution in [2.24, 2.45) is 5.73 Å². The van der Waals surface area contributed by atoms with Crippen molar-refractivity contribution in [1.29, 1.82) is 0 Å². The zero-order chi connectivity index (χ0) is 14.7. The molecule has 1 saturated heterocycles. The molecule has 2 heterocycles. The predicted molar refractivity (Wildman–Crippen MR) is 86.0 cm³/mol. The third kappa shape index (κ3) is 3.74. The fourth-order valence-electron chi connectivity index (χ4n) is 3.01. The van der Waals surface area contributed by atoms with Crippen LogP contribution in [0.15, 0.2) is 40.8 Å². The molecule has 0 spiro atoms. The molecule has 0 bridgehead atoms. The lowest BCUT2D eigenvalue weighted by Crippen LogP contribution is -2.26. The molecule has 0 unspecified atom stereocenters. The van der Waals surface area contributed by atoms with E-state index in [1.165, 1.54) is 12.0 Å². The first-order valence-corrected chi connectivity index (χ1v) is 7.84. The summed E-state index contributed by atoms with van der Waals surface area (Å²) in [5.74, 6) is 1.91. The van der Waals surface area contributed by atoms with Crippen molar-refractivity contribution >= 4 is 0 Å². The number of aryl methyl sites for hydroxylation is 1. The van der Waals surface area contributed by atoms with E-state index in [2.05, 4.69) is 29.2 Å². The second-order valence-electron chi connectivity index (χ2n) is 6.08. The average Bonchev–Trinajstić information content (AvgIpc) is 2.81. The molecule has 112 valence electrons. The van der Waals surface area contributed by atoms with Crippen LogP contribution in [0.25, 0.3) is 11.3 Å². The van der Waals surface area contributed by atoms with Crippen molar-refractivity contribution in [2.75, 3.05) is 13.1 Å². The number of nitrogens with zero attached hydrogens (tertiary/aromatic N) is 1. The van der Waals surface area contributed by atoms with Crippen LogP contribution >= 0.6 is 0 Å². The summed E-state index contributed by atoms with van der Waals surface area (Å²) in [5, 5.41) is 0. The number of hydrogen-bond donors (Lipinski definition) is 1. The lowest BCUT2D eigenvalue weighted by molar-refractivity contribution is 0.276. The molecular formula is C18H24N2O. The van der Waals surface area contributed by atoms with E-state index in [9.17, 15) is 0 Å². The highest BCUT2D eigenvalue weighted by Crippen LogP contribution is 2.23. The zero-order valence-electron chi connectivity index (χ0n) is 12.7. The Balaban J connectivity index is 1.71. The minimum absolute atomic E-state index is 0.382. The minimum atomic E-state index is 0.382. The first-order valence-electron chi connectivity index (χ1n) is 7.84. The SMILES string of the molecule is Cc1ccc(-c2cccc(CN3CCC[C@H](N)CC3)c2)o1. The standard InChI is InChI=1S/C18H24N2O/c1-14-7-8-18(21-14)16-5-2-4-15(12-16)13-20-10-3-6-17(19)9-11-20/h2,4-5,7-8,12,17H,3,6,9-11,13,19H2,1H3/t17-/m0/s1. The first-order chi connectivity index (χ1) is 10.2. The molecule has 1 aromatic carbocycles. The Labute approximate surface area is 126 Å². The van der Waals surface area contributed by atoms with Crippen LogP contribution in [-0.2, 0) is 6.54 Å². The molecule has 0 amide bonds. The molecule has 2 N–H and O–H groups in total. The van der Waals surface area contributed by atoms with E-state index in [0.717, 1.165) is 49.6 Å². The molecule has 0 saturated carbocycles. The summed E-state index contributed by atoms with van der Waals surface area (Å²) in [6, 6.07) is 13.1. The fourth-order valence-corrected chi connectivity index (χ4v) is 3.01. The van der Waals surface area contributed by atoms with Gasteiger partial charge in [0.1, 0.15) is 11.5 Å². The van der Waals surface area contributed by atoms with E-state index in [1.807, 2.05) is 19.1 Å². The first kappa shape index (κ1) is 14.4. The van der Waals surface area contributed by atoms with Crippen LogP contribution in [0.5, 0.6) is 0 Å². The number of nitrogens with two attached hydrogens (primary N) is 1. The topological polar surface area (TPSA) is 42.4 Å². The Kier molecular flexibility index (Phi) is 4.42. The molecular weight excluding hydrogens is 260 g/mol. The normalized spacial score (nSPS) is 20.4.